The number of nitrogens with one attached hydrogen (secondary N) is 1. The fourth-order valence-corrected chi connectivity index (χ4v) is 2.72. The molecule has 1 atom stereocenters. The number of anilines is 1. The molecule has 0 aliphatic heterocycles. The molecule has 0 bridgehead atoms. The highest BCUT2D eigenvalue weighted by molar-refractivity contribution is 5.74. The summed E-state index contributed by atoms with van der Waals surface area (Å²) in [7, 11) is 0. The number of benzene rings is 1. The van der Waals surface area contributed by atoms with Gasteiger partial charge in [0.2, 0.25) is 5.95 Å². The predicted molar refractivity (Wildman–Crippen MR) is 72.4 cm³/mol. The molecule has 0 radical (unpaired) electrons. The van der Waals surface area contributed by atoms with Gasteiger partial charge in [0.05, 0.1) is 5.52 Å². The summed E-state index contributed by atoms with van der Waals surface area (Å²) in [5.74, 6) is 1.40. The van der Waals surface area contributed by atoms with Crippen molar-refractivity contribution < 1.29 is 0 Å². The van der Waals surface area contributed by atoms with Crippen molar-refractivity contribution in [1.82, 2.24) is 15.2 Å². The topological polar surface area (TPSA) is 50.7 Å². The highest BCUT2D eigenvalue weighted by Crippen LogP contribution is 2.28. The van der Waals surface area contributed by atoms with E-state index in [1.165, 1.54) is 25.7 Å². The Kier molecular flexibility index (Phi) is 3.09. The third-order valence-electron chi connectivity index (χ3n) is 3.82. The minimum Gasteiger partial charge on any atom is -0.350 e. The molecular formula is C14H18N4. The average molecular weight is 242 g/mol. The van der Waals surface area contributed by atoms with Crippen LogP contribution < -0.4 is 5.32 Å². The number of rotatable bonds is 3. The number of hydrogen-bond acceptors (Lipinski definition) is 4. The molecule has 1 unspecified atom stereocenters. The second-order valence-electron chi connectivity index (χ2n) is 5.10. The third-order valence-corrected chi connectivity index (χ3v) is 3.82. The van der Waals surface area contributed by atoms with Crippen molar-refractivity contribution in [2.75, 3.05) is 5.32 Å². The molecule has 2 aromatic rings. The first-order valence-electron chi connectivity index (χ1n) is 6.69. The fourth-order valence-electron chi connectivity index (χ4n) is 2.72. The Morgan fingerprint density at radius 2 is 1.83 bits per heavy atom. The van der Waals surface area contributed by atoms with E-state index in [0.717, 1.165) is 17.0 Å². The highest BCUT2D eigenvalue weighted by Gasteiger charge is 2.21. The van der Waals surface area contributed by atoms with Gasteiger partial charge in [-0.1, -0.05) is 25.0 Å². The van der Waals surface area contributed by atoms with E-state index in [2.05, 4.69) is 27.4 Å². The molecule has 18 heavy (non-hydrogen) atoms. The second kappa shape index (κ2) is 4.88. The van der Waals surface area contributed by atoms with Crippen molar-refractivity contribution in [1.29, 1.82) is 0 Å². The van der Waals surface area contributed by atoms with Gasteiger partial charge >= 0.3 is 0 Å². The van der Waals surface area contributed by atoms with Gasteiger partial charge in [-0.15, -0.1) is 10.2 Å². The number of aromatic nitrogens is 3. The molecule has 4 heteroatoms. The van der Waals surface area contributed by atoms with Crippen LogP contribution in [0, 0.1) is 5.92 Å². The molecule has 1 fully saturated rings. The van der Waals surface area contributed by atoms with E-state index in [-0.39, 0.29) is 0 Å². The largest absolute Gasteiger partial charge is 0.350 e. The van der Waals surface area contributed by atoms with Gasteiger partial charge < -0.3 is 5.32 Å². The molecule has 1 aromatic carbocycles. The molecule has 1 saturated carbocycles. The first-order valence-corrected chi connectivity index (χ1v) is 6.69. The zero-order valence-electron chi connectivity index (χ0n) is 10.6. The zero-order valence-corrected chi connectivity index (χ0v) is 10.6. The van der Waals surface area contributed by atoms with E-state index in [1.54, 1.807) is 0 Å². The molecule has 1 heterocycles. The molecule has 94 valence electrons. The van der Waals surface area contributed by atoms with E-state index >= 15 is 0 Å². The van der Waals surface area contributed by atoms with Crippen LogP contribution >= 0.6 is 0 Å². The molecule has 1 aromatic heterocycles. The van der Waals surface area contributed by atoms with Crippen LogP contribution in [0.25, 0.3) is 11.0 Å². The van der Waals surface area contributed by atoms with E-state index in [1.807, 2.05) is 24.3 Å². The van der Waals surface area contributed by atoms with Gasteiger partial charge in [-0.3, -0.25) is 0 Å². The number of para-hydroxylation sites is 1. The molecule has 1 N–H and O–H groups in total. The Labute approximate surface area is 107 Å². The van der Waals surface area contributed by atoms with Crippen LogP contribution in [0.3, 0.4) is 0 Å². The summed E-state index contributed by atoms with van der Waals surface area (Å²) in [4.78, 5) is 4.50. The van der Waals surface area contributed by atoms with Crippen LogP contribution in [0.2, 0.25) is 0 Å². The summed E-state index contributed by atoms with van der Waals surface area (Å²) in [5.41, 5.74) is 1.74. The molecule has 0 amide bonds. The van der Waals surface area contributed by atoms with Crippen LogP contribution in [-0.2, 0) is 0 Å². The first-order chi connectivity index (χ1) is 8.83. The van der Waals surface area contributed by atoms with Gasteiger partial charge in [0.25, 0.3) is 0 Å². The van der Waals surface area contributed by atoms with Gasteiger partial charge in [0.15, 0.2) is 0 Å². The van der Waals surface area contributed by atoms with Crippen LogP contribution in [0.5, 0.6) is 0 Å². The minimum atomic E-state index is 0.426. The Morgan fingerprint density at radius 3 is 2.61 bits per heavy atom. The van der Waals surface area contributed by atoms with Crippen LogP contribution in [0.1, 0.15) is 32.6 Å². The molecule has 0 saturated heterocycles. The number of nitrogens with zero attached hydrogens (tertiary/aromatic N) is 3. The Bertz CT molecular complexity index is 534. The zero-order chi connectivity index (χ0) is 12.4. The quantitative estimate of drug-likeness (QED) is 0.898. The van der Waals surface area contributed by atoms with Crippen molar-refractivity contribution in [3.05, 3.63) is 24.3 Å². The van der Waals surface area contributed by atoms with E-state index < -0.39 is 0 Å². The Morgan fingerprint density at radius 1 is 1.11 bits per heavy atom. The van der Waals surface area contributed by atoms with Gasteiger partial charge in [-0.05, 0) is 37.8 Å². The van der Waals surface area contributed by atoms with Crippen molar-refractivity contribution in [2.24, 2.45) is 5.92 Å². The van der Waals surface area contributed by atoms with Gasteiger partial charge in [0, 0.05) is 6.04 Å². The van der Waals surface area contributed by atoms with Crippen molar-refractivity contribution in [2.45, 2.75) is 38.6 Å². The number of fused-ring (bicyclic) bond motifs is 1. The van der Waals surface area contributed by atoms with Gasteiger partial charge in [-0.25, -0.2) is 4.98 Å². The minimum absolute atomic E-state index is 0.426. The van der Waals surface area contributed by atoms with Gasteiger partial charge in [0.1, 0.15) is 5.52 Å². The maximum absolute atomic E-state index is 4.50. The number of hydrogen-bond donors (Lipinski definition) is 1. The first kappa shape index (κ1) is 11.4. The Balaban J connectivity index is 1.77. The summed E-state index contributed by atoms with van der Waals surface area (Å²) >= 11 is 0. The summed E-state index contributed by atoms with van der Waals surface area (Å²) in [6.45, 7) is 2.22. The molecular weight excluding hydrogens is 224 g/mol. The summed E-state index contributed by atoms with van der Waals surface area (Å²) in [6.07, 6.45) is 5.34. The van der Waals surface area contributed by atoms with Crippen molar-refractivity contribution >= 4 is 17.0 Å². The fraction of sp³-hybridized carbons (Fsp3) is 0.500. The van der Waals surface area contributed by atoms with E-state index in [4.69, 9.17) is 0 Å². The lowest BCUT2D eigenvalue weighted by Gasteiger charge is -2.19. The van der Waals surface area contributed by atoms with E-state index in [0.29, 0.717) is 12.0 Å². The third kappa shape index (κ3) is 2.28. The summed E-state index contributed by atoms with van der Waals surface area (Å²) in [6, 6.07) is 8.25. The molecule has 3 rings (SSSR count). The van der Waals surface area contributed by atoms with Crippen molar-refractivity contribution in [3.63, 3.8) is 0 Å². The summed E-state index contributed by atoms with van der Waals surface area (Å²) in [5, 5.41) is 11.7. The lowest BCUT2D eigenvalue weighted by Crippen LogP contribution is -2.25. The SMILES string of the molecule is CC(Nc1nnc2ccccc2n1)C1CCCC1. The Hall–Kier alpha value is -1.71. The van der Waals surface area contributed by atoms with Crippen molar-refractivity contribution in [3.8, 4) is 0 Å². The highest BCUT2D eigenvalue weighted by atomic mass is 15.2. The smallest absolute Gasteiger partial charge is 0.243 e. The molecule has 1 aliphatic rings. The average Bonchev–Trinajstić information content (AvgIpc) is 2.92. The van der Waals surface area contributed by atoms with Crippen LogP contribution in [-0.4, -0.2) is 21.2 Å². The van der Waals surface area contributed by atoms with E-state index in [9.17, 15) is 0 Å². The summed E-state index contributed by atoms with van der Waals surface area (Å²) < 4.78 is 0. The lowest BCUT2D eigenvalue weighted by atomic mass is 10.0. The molecule has 0 spiro atoms. The second-order valence-corrected chi connectivity index (χ2v) is 5.10. The monoisotopic (exact) mass is 242 g/mol. The maximum Gasteiger partial charge on any atom is 0.243 e. The molecule has 1 aliphatic carbocycles. The standard InChI is InChI=1S/C14H18N4/c1-10(11-6-2-3-7-11)15-14-16-12-8-4-5-9-13(12)17-18-14/h4-5,8-11H,2-3,6-7H2,1H3,(H,15,16,18). The van der Waals surface area contributed by atoms with Crippen LogP contribution in [0.15, 0.2) is 24.3 Å². The predicted octanol–water partition coefficient (Wildman–Crippen LogP) is 3.02. The molecule has 4 nitrogen and oxygen atoms in total. The van der Waals surface area contributed by atoms with Crippen LogP contribution in [0.4, 0.5) is 5.95 Å². The lowest BCUT2D eigenvalue weighted by molar-refractivity contribution is 0.479. The normalized spacial score (nSPS) is 18.1. The maximum atomic E-state index is 4.50. The van der Waals surface area contributed by atoms with Gasteiger partial charge in [-0.2, -0.15) is 0 Å².